The molecule has 0 aliphatic rings. The van der Waals surface area contributed by atoms with Crippen LogP contribution >= 0.6 is 11.6 Å². The zero-order valence-corrected chi connectivity index (χ0v) is 15.4. The van der Waals surface area contributed by atoms with Gasteiger partial charge < -0.3 is 14.8 Å². The molecule has 0 saturated heterocycles. The molecule has 0 bridgehead atoms. The zero-order valence-electron chi connectivity index (χ0n) is 14.6. The van der Waals surface area contributed by atoms with Gasteiger partial charge in [-0.25, -0.2) is 4.79 Å². The SMILES string of the molecule is Cc1ccc([N+](=O)[O-])cc1NC(=O)COC(=O)C(C)Oc1cccc(Cl)c1. The first-order valence-electron chi connectivity index (χ1n) is 7.90. The molecule has 142 valence electrons. The van der Waals surface area contributed by atoms with Crippen LogP contribution in [0.5, 0.6) is 5.75 Å². The van der Waals surface area contributed by atoms with E-state index in [1.54, 1.807) is 31.2 Å². The highest BCUT2D eigenvalue weighted by atomic mass is 35.5. The lowest BCUT2D eigenvalue weighted by atomic mass is 10.2. The van der Waals surface area contributed by atoms with Crippen molar-refractivity contribution in [3.05, 3.63) is 63.2 Å². The van der Waals surface area contributed by atoms with Crippen LogP contribution in [0.1, 0.15) is 12.5 Å². The van der Waals surface area contributed by atoms with Gasteiger partial charge in [0.25, 0.3) is 11.6 Å². The summed E-state index contributed by atoms with van der Waals surface area (Å²) in [5, 5.41) is 13.7. The van der Waals surface area contributed by atoms with E-state index in [9.17, 15) is 19.7 Å². The van der Waals surface area contributed by atoms with Crippen LogP contribution in [0.3, 0.4) is 0 Å². The Kier molecular flexibility index (Phi) is 6.73. The van der Waals surface area contributed by atoms with Crippen LogP contribution in [0, 0.1) is 17.0 Å². The fourth-order valence-corrected chi connectivity index (χ4v) is 2.27. The summed E-state index contributed by atoms with van der Waals surface area (Å²) >= 11 is 5.84. The number of esters is 1. The molecule has 2 aromatic rings. The normalized spacial score (nSPS) is 11.4. The Morgan fingerprint density at radius 2 is 2.00 bits per heavy atom. The average molecular weight is 393 g/mol. The van der Waals surface area contributed by atoms with Crippen LogP contribution in [-0.2, 0) is 14.3 Å². The maximum absolute atomic E-state index is 12.0. The quantitative estimate of drug-likeness (QED) is 0.439. The third kappa shape index (κ3) is 5.96. The standard InChI is InChI=1S/C18H17ClN2O6/c1-11-6-7-14(21(24)25)9-16(11)20-17(22)10-26-18(23)12(2)27-15-5-3-4-13(19)8-15/h3-9,12H,10H2,1-2H3,(H,20,22). The van der Waals surface area contributed by atoms with Gasteiger partial charge in [0.05, 0.1) is 10.6 Å². The van der Waals surface area contributed by atoms with E-state index in [-0.39, 0.29) is 11.4 Å². The number of nitro benzene ring substituents is 1. The predicted molar refractivity (Wildman–Crippen MR) is 99.0 cm³/mol. The van der Waals surface area contributed by atoms with Crippen molar-refractivity contribution in [1.29, 1.82) is 0 Å². The lowest BCUT2D eigenvalue weighted by Gasteiger charge is -2.14. The van der Waals surface area contributed by atoms with E-state index in [0.717, 1.165) is 0 Å². The van der Waals surface area contributed by atoms with Gasteiger partial charge in [-0.05, 0) is 37.6 Å². The van der Waals surface area contributed by atoms with Crippen molar-refractivity contribution >= 4 is 34.9 Å². The zero-order chi connectivity index (χ0) is 20.0. The Balaban J connectivity index is 1.88. The van der Waals surface area contributed by atoms with E-state index in [1.807, 2.05) is 0 Å². The summed E-state index contributed by atoms with van der Waals surface area (Å²) in [5.74, 6) is -0.966. The molecule has 1 amide bonds. The first-order valence-corrected chi connectivity index (χ1v) is 8.28. The molecular weight excluding hydrogens is 376 g/mol. The van der Waals surface area contributed by atoms with Gasteiger partial charge in [-0.2, -0.15) is 0 Å². The fourth-order valence-electron chi connectivity index (χ4n) is 2.09. The topological polar surface area (TPSA) is 108 Å². The molecule has 0 spiro atoms. The van der Waals surface area contributed by atoms with Crippen LogP contribution in [0.15, 0.2) is 42.5 Å². The summed E-state index contributed by atoms with van der Waals surface area (Å²) in [7, 11) is 0. The number of rotatable bonds is 7. The molecule has 9 heteroatoms. The molecule has 2 aromatic carbocycles. The van der Waals surface area contributed by atoms with Crippen molar-refractivity contribution in [3.8, 4) is 5.75 Å². The molecular formula is C18H17ClN2O6. The number of hydrogen-bond acceptors (Lipinski definition) is 6. The Labute approximate surface area is 160 Å². The van der Waals surface area contributed by atoms with Crippen LogP contribution in [0.25, 0.3) is 0 Å². The van der Waals surface area contributed by atoms with Gasteiger partial charge in [0, 0.05) is 17.2 Å². The molecule has 0 heterocycles. The van der Waals surface area contributed by atoms with Crippen molar-refractivity contribution in [2.45, 2.75) is 20.0 Å². The molecule has 0 radical (unpaired) electrons. The van der Waals surface area contributed by atoms with Crippen LogP contribution in [0.4, 0.5) is 11.4 Å². The van der Waals surface area contributed by atoms with E-state index in [4.69, 9.17) is 21.1 Å². The average Bonchev–Trinajstić information content (AvgIpc) is 2.61. The molecule has 1 atom stereocenters. The van der Waals surface area contributed by atoms with Gasteiger partial charge in [0.1, 0.15) is 5.75 Å². The number of anilines is 1. The number of halogens is 1. The van der Waals surface area contributed by atoms with Gasteiger partial charge >= 0.3 is 5.97 Å². The highest BCUT2D eigenvalue weighted by Gasteiger charge is 2.18. The van der Waals surface area contributed by atoms with Gasteiger partial charge in [-0.3, -0.25) is 14.9 Å². The Bertz CT molecular complexity index is 871. The van der Waals surface area contributed by atoms with Crippen LogP contribution in [-0.4, -0.2) is 29.5 Å². The van der Waals surface area contributed by atoms with Crippen molar-refractivity contribution < 1.29 is 24.0 Å². The number of amides is 1. The maximum Gasteiger partial charge on any atom is 0.347 e. The maximum atomic E-state index is 12.0. The molecule has 0 fully saturated rings. The minimum atomic E-state index is -0.948. The molecule has 1 unspecified atom stereocenters. The Morgan fingerprint density at radius 3 is 2.67 bits per heavy atom. The molecule has 0 aliphatic heterocycles. The predicted octanol–water partition coefficient (Wildman–Crippen LogP) is 3.51. The number of nitro groups is 1. The minimum absolute atomic E-state index is 0.156. The van der Waals surface area contributed by atoms with E-state index >= 15 is 0 Å². The molecule has 1 N–H and O–H groups in total. The molecule has 0 aliphatic carbocycles. The van der Waals surface area contributed by atoms with Crippen molar-refractivity contribution in [2.24, 2.45) is 0 Å². The first kappa shape index (κ1) is 20.2. The number of hydrogen-bond donors (Lipinski definition) is 1. The lowest BCUT2D eigenvalue weighted by molar-refractivity contribution is -0.384. The highest BCUT2D eigenvalue weighted by Crippen LogP contribution is 2.22. The largest absolute Gasteiger partial charge is 0.479 e. The second kappa shape index (κ2) is 9.00. The van der Waals surface area contributed by atoms with Gasteiger partial charge in [0.2, 0.25) is 0 Å². The third-order valence-electron chi connectivity index (χ3n) is 3.49. The van der Waals surface area contributed by atoms with E-state index in [0.29, 0.717) is 16.3 Å². The summed E-state index contributed by atoms with van der Waals surface area (Å²) < 4.78 is 10.3. The van der Waals surface area contributed by atoms with Gasteiger partial charge in [-0.15, -0.1) is 0 Å². The molecule has 0 aromatic heterocycles. The summed E-state index contributed by atoms with van der Waals surface area (Å²) in [5.41, 5.74) is 0.753. The third-order valence-corrected chi connectivity index (χ3v) is 3.73. The van der Waals surface area contributed by atoms with Crippen LogP contribution in [0.2, 0.25) is 5.02 Å². The van der Waals surface area contributed by atoms with Gasteiger partial charge in [-0.1, -0.05) is 23.7 Å². The summed E-state index contributed by atoms with van der Waals surface area (Å²) in [6, 6.07) is 10.6. The molecule has 2 rings (SSSR count). The smallest absolute Gasteiger partial charge is 0.347 e. The summed E-state index contributed by atoms with van der Waals surface area (Å²) in [6.45, 7) is 2.61. The second-order valence-corrected chi connectivity index (χ2v) is 6.07. The van der Waals surface area contributed by atoms with Crippen molar-refractivity contribution in [1.82, 2.24) is 0 Å². The molecule has 0 saturated carbocycles. The number of carbonyl (C=O) groups is 2. The fraction of sp³-hybridized carbons (Fsp3) is 0.222. The lowest BCUT2D eigenvalue weighted by Crippen LogP contribution is -2.29. The Morgan fingerprint density at radius 1 is 1.26 bits per heavy atom. The minimum Gasteiger partial charge on any atom is -0.479 e. The molecule has 8 nitrogen and oxygen atoms in total. The number of ether oxygens (including phenoxy) is 2. The highest BCUT2D eigenvalue weighted by molar-refractivity contribution is 6.30. The second-order valence-electron chi connectivity index (χ2n) is 5.63. The number of carbonyl (C=O) groups excluding carboxylic acids is 2. The monoisotopic (exact) mass is 392 g/mol. The van der Waals surface area contributed by atoms with E-state index < -0.39 is 29.5 Å². The van der Waals surface area contributed by atoms with E-state index in [1.165, 1.54) is 25.1 Å². The number of non-ortho nitro benzene ring substituents is 1. The number of nitrogens with one attached hydrogen (secondary N) is 1. The summed E-state index contributed by atoms with van der Waals surface area (Å²) in [4.78, 5) is 34.2. The first-order chi connectivity index (χ1) is 12.8. The molecule has 27 heavy (non-hydrogen) atoms. The van der Waals surface area contributed by atoms with Crippen molar-refractivity contribution in [3.63, 3.8) is 0 Å². The van der Waals surface area contributed by atoms with Gasteiger partial charge in [0.15, 0.2) is 12.7 Å². The number of aryl methyl sites for hydroxylation is 1. The van der Waals surface area contributed by atoms with Crippen LogP contribution < -0.4 is 10.1 Å². The van der Waals surface area contributed by atoms with E-state index in [2.05, 4.69) is 5.32 Å². The number of benzene rings is 2. The summed E-state index contributed by atoms with van der Waals surface area (Å²) in [6.07, 6.45) is -0.948. The number of nitrogens with zero attached hydrogens (tertiary/aromatic N) is 1. The van der Waals surface area contributed by atoms with Crippen molar-refractivity contribution in [2.75, 3.05) is 11.9 Å². The Hall–Kier alpha value is -3.13.